The van der Waals surface area contributed by atoms with Gasteiger partial charge in [-0.3, -0.25) is 9.69 Å². The standard InChI is InChI=1S/C16H23NO3/c1-16(2,3)20-11-10-17-9-8-12-6-4-5-7-13(12)14(17)15(18)19/h4-7,14H,8-11H2,1-3H3,(H,18,19). The first kappa shape index (κ1) is 15.0. The van der Waals surface area contributed by atoms with Crippen LogP contribution in [0.4, 0.5) is 0 Å². The monoisotopic (exact) mass is 277 g/mol. The molecule has 1 aliphatic rings. The molecule has 0 aliphatic carbocycles. The van der Waals surface area contributed by atoms with Gasteiger partial charge in [-0.05, 0) is 38.3 Å². The van der Waals surface area contributed by atoms with Crippen molar-refractivity contribution in [3.8, 4) is 0 Å². The lowest BCUT2D eigenvalue weighted by molar-refractivity contribution is -0.144. The van der Waals surface area contributed by atoms with Gasteiger partial charge < -0.3 is 9.84 Å². The number of carboxylic acids is 1. The van der Waals surface area contributed by atoms with Crippen LogP contribution in [0.1, 0.15) is 37.9 Å². The number of carboxylic acid groups (broad SMARTS) is 1. The summed E-state index contributed by atoms with van der Waals surface area (Å²) >= 11 is 0. The van der Waals surface area contributed by atoms with Crippen LogP contribution in [0.2, 0.25) is 0 Å². The average Bonchev–Trinajstić information content (AvgIpc) is 2.36. The molecule has 1 N–H and O–H groups in total. The summed E-state index contributed by atoms with van der Waals surface area (Å²) in [5.41, 5.74) is 1.88. The first-order valence-electron chi connectivity index (χ1n) is 7.07. The molecular formula is C16H23NO3. The van der Waals surface area contributed by atoms with E-state index in [0.717, 1.165) is 24.1 Å². The van der Waals surface area contributed by atoms with Gasteiger partial charge in [0, 0.05) is 13.1 Å². The fraction of sp³-hybridized carbons (Fsp3) is 0.562. The lowest BCUT2D eigenvalue weighted by Gasteiger charge is -2.35. The number of rotatable bonds is 4. The van der Waals surface area contributed by atoms with E-state index in [1.165, 1.54) is 0 Å². The van der Waals surface area contributed by atoms with Crippen LogP contribution in [0.3, 0.4) is 0 Å². The molecule has 0 saturated carbocycles. The molecule has 1 heterocycles. The van der Waals surface area contributed by atoms with Crippen molar-refractivity contribution in [1.29, 1.82) is 0 Å². The fourth-order valence-corrected chi connectivity index (χ4v) is 2.62. The first-order chi connectivity index (χ1) is 9.38. The smallest absolute Gasteiger partial charge is 0.325 e. The fourth-order valence-electron chi connectivity index (χ4n) is 2.62. The quantitative estimate of drug-likeness (QED) is 0.918. The minimum absolute atomic E-state index is 0.188. The van der Waals surface area contributed by atoms with Crippen molar-refractivity contribution in [2.45, 2.75) is 38.8 Å². The molecule has 1 atom stereocenters. The first-order valence-corrected chi connectivity index (χ1v) is 7.07. The molecule has 0 saturated heterocycles. The van der Waals surface area contributed by atoms with Crippen LogP contribution in [0.25, 0.3) is 0 Å². The van der Waals surface area contributed by atoms with E-state index in [1.54, 1.807) is 0 Å². The number of benzene rings is 1. The Morgan fingerprint density at radius 3 is 2.75 bits per heavy atom. The summed E-state index contributed by atoms with van der Waals surface area (Å²) in [4.78, 5) is 13.6. The van der Waals surface area contributed by atoms with Crippen molar-refractivity contribution in [2.24, 2.45) is 0 Å². The molecule has 1 aliphatic heterocycles. The molecule has 1 unspecified atom stereocenters. The Hall–Kier alpha value is -1.39. The third kappa shape index (κ3) is 3.58. The highest BCUT2D eigenvalue weighted by molar-refractivity contribution is 5.76. The van der Waals surface area contributed by atoms with E-state index in [1.807, 2.05) is 49.9 Å². The molecule has 110 valence electrons. The van der Waals surface area contributed by atoms with Gasteiger partial charge in [-0.1, -0.05) is 24.3 Å². The number of nitrogens with zero attached hydrogens (tertiary/aromatic N) is 1. The Bertz CT molecular complexity index is 479. The predicted octanol–water partition coefficient (Wildman–Crippen LogP) is 2.49. The van der Waals surface area contributed by atoms with Gasteiger partial charge in [0.25, 0.3) is 0 Å². The number of hydrogen-bond acceptors (Lipinski definition) is 3. The number of aliphatic carboxylic acids is 1. The molecule has 4 heteroatoms. The van der Waals surface area contributed by atoms with E-state index in [9.17, 15) is 9.90 Å². The van der Waals surface area contributed by atoms with Crippen molar-refractivity contribution in [1.82, 2.24) is 4.90 Å². The predicted molar refractivity (Wildman–Crippen MR) is 77.8 cm³/mol. The van der Waals surface area contributed by atoms with Crippen molar-refractivity contribution >= 4 is 5.97 Å². The van der Waals surface area contributed by atoms with Gasteiger partial charge in [0.2, 0.25) is 0 Å². The molecular weight excluding hydrogens is 254 g/mol. The van der Waals surface area contributed by atoms with E-state index >= 15 is 0 Å². The van der Waals surface area contributed by atoms with Crippen LogP contribution >= 0.6 is 0 Å². The zero-order chi connectivity index (χ0) is 14.8. The lowest BCUT2D eigenvalue weighted by atomic mass is 9.92. The third-order valence-electron chi connectivity index (χ3n) is 3.53. The van der Waals surface area contributed by atoms with Gasteiger partial charge in [0.15, 0.2) is 0 Å². The average molecular weight is 277 g/mol. The van der Waals surface area contributed by atoms with Crippen LogP contribution in [0.5, 0.6) is 0 Å². The van der Waals surface area contributed by atoms with Crippen molar-refractivity contribution < 1.29 is 14.6 Å². The maximum atomic E-state index is 11.6. The van der Waals surface area contributed by atoms with Gasteiger partial charge in [-0.25, -0.2) is 0 Å². The Morgan fingerprint density at radius 1 is 1.40 bits per heavy atom. The molecule has 20 heavy (non-hydrogen) atoms. The number of hydrogen-bond donors (Lipinski definition) is 1. The number of fused-ring (bicyclic) bond motifs is 1. The second-order valence-corrected chi connectivity index (χ2v) is 6.19. The van der Waals surface area contributed by atoms with E-state index in [4.69, 9.17) is 4.74 Å². The summed E-state index contributed by atoms with van der Waals surface area (Å²) in [5.74, 6) is -0.784. The minimum atomic E-state index is -0.784. The number of carbonyl (C=O) groups is 1. The third-order valence-corrected chi connectivity index (χ3v) is 3.53. The molecule has 0 amide bonds. The maximum Gasteiger partial charge on any atom is 0.325 e. The summed E-state index contributed by atoms with van der Waals surface area (Å²) < 4.78 is 5.71. The summed E-state index contributed by atoms with van der Waals surface area (Å²) in [6, 6.07) is 7.27. The molecule has 0 fully saturated rings. The van der Waals surface area contributed by atoms with E-state index < -0.39 is 12.0 Å². The van der Waals surface area contributed by atoms with Gasteiger partial charge in [0.05, 0.1) is 12.2 Å². The molecule has 1 aromatic carbocycles. The Balaban J connectivity index is 2.09. The van der Waals surface area contributed by atoms with E-state index in [0.29, 0.717) is 13.2 Å². The zero-order valence-electron chi connectivity index (χ0n) is 12.4. The molecule has 4 nitrogen and oxygen atoms in total. The highest BCUT2D eigenvalue weighted by atomic mass is 16.5. The molecule has 2 rings (SSSR count). The lowest BCUT2D eigenvalue weighted by Crippen LogP contribution is -2.42. The summed E-state index contributed by atoms with van der Waals surface area (Å²) in [6.07, 6.45) is 0.898. The Kier molecular flexibility index (Phi) is 4.45. The van der Waals surface area contributed by atoms with Crippen molar-refractivity contribution in [3.05, 3.63) is 35.4 Å². The van der Waals surface area contributed by atoms with Crippen LogP contribution in [-0.4, -0.2) is 41.3 Å². The highest BCUT2D eigenvalue weighted by Crippen LogP contribution is 2.29. The van der Waals surface area contributed by atoms with Crippen LogP contribution < -0.4 is 0 Å². The zero-order valence-corrected chi connectivity index (χ0v) is 12.4. The Labute approximate surface area is 120 Å². The largest absolute Gasteiger partial charge is 0.480 e. The summed E-state index contributed by atoms with van der Waals surface area (Å²) in [6.45, 7) is 7.98. The molecule has 1 aromatic rings. The van der Waals surface area contributed by atoms with Gasteiger partial charge in [0.1, 0.15) is 6.04 Å². The minimum Gasteiger partial charge on any atom is -0.480 e. The molecule has 0 aromatic heterocycles. The molecule has 0 bridgehead atoms. The SMILES string of the molecule is CC(C)(C)OCCN1CCc2ccccc2C1C(=O)O. The Morgan fingerprint density at radius 2 is 2.10 bits per heavy atom. The van der Waals surface area contributed by atoms with Gasteiger partial charge >= 0.3 is 5.97 Å². The van der Waals surface area contributed by atoms with Crippen LogP contribution in [-0.2, 0) is 16.0 Å². The second-order valence-electron chi connectivity index (χ2n) is 6.19. The maximum absolute atomic E-state index is 11.6. The topological polar surface area (TPSA) is 49.8 Å². The van der Waals surface area contributed by atoms with Crippen molar-refractivity contribution in [3.63, 3.8) is 0 Å². The van der Waals surface area contributed by atoms with Crippen LogP contribution in [0, 0.1) is 0 Å². The van der Waals surface area contributed by atoms with E-state index in [-0.39, 0.29) is 5.60 Å². The highest BCUT2D eigenvalue weighted by Gasteiger charge is 2.32. The van der Waals surface area contributed by atoms with Crippen LogP contribution in [0.15, 0.2) is 24.3 Å². The normalized spacial score (nSPS) is 19.6. The summed E-state index contributed by atoms with van der Waals surface area (Å²) in [5, 5.41) is 9.53. The summed E-state index contributed by atoms with van der Waals surface area (Å²) in [7, 11) is 0. The second kappa shape index (κ2) is 5.94. The van der Waals surface area contributed by atoms with Gasteiger partial charge in [-0.2, -0.15) is 0 Å². The molecule has 0 spiro atoms. The van der Waals surface area contributed by atoms with Gasteiger partial charge in [-0.15, -0.1) is 0 Å². The molecule has 0 radical (unpaired) electrons. The van der Waals surface area contributed by atoms with Crippen molar-refractivity contribution in [2.75, 3.05) is 19.7 Å². The number of ether oxygens (including phenoxy) is 1. The van der Waals surface area contributed by atoms with E-state index in [2.05, 4.69) is 0 Å².